The first-order chi connectivity index (χ1) is 4.69. The largest absolute Gasteiger partial charge is 0.465 e. The van der Waals surface area contributed by atoms with Crippen LogP contribution in [0.1, 0.15) is 19.8 Å². The van der Waals surface area contributed by atoms with Gasteiger partial charge in [-0.15, -0.1) is 6.58 Å². The smallest absolute Gasteiger partial charge is 0.312 e. The number of hydrogen-bond acceptors (Lipinski definition) is 2. The molecule has 0 spiro atoms. The van der Waals surface area contributed by atoms with Gasteiger partial charge in [-0.3, -0.25) is 4.79 Å². The number of ether oxygens (including phenoxy) is 1. The van der Waals surface area contributed by atoms with Crippen molar-refractivity contribution in [1.29, 1.82) is 0 Å². The average Bonchev–Trinajstić information content (AvgIpc) is 2.15. The monoisotopic (exact) mass is 140 g/mol. The first-order valence-electron chi connectivity index (χ1n) is 3.47. The average molecular weight is 140 g/mol. The summed E-state index contributed by atoms with van der Waals surface area (Å²) in [7, 11) is 0. The van der Waals surface area contributed by atoms with Crippen molar-refractivity contribution in [1.82, 2.24) is 0 Å². The summed E-state index contributed by atoms with van der Waals surface area (Å²) in [5.41, 5.74) is -0.276. The second kappa shape index (κ2) is 2.45. The number of hydrogen-bond donors (Lipinski definition) is 0. The Hall–Kier alpha value is -0.790. The molecule has 0 radical (unpaired) electrons. The van der Waals surface area contributed by atoms with E-state index in [0.29, 0.717) is 6.61 Å². The van der Waals surface area contributed by atoms with Crippen molar-refractivity contribution < 1.29 is 9.53 Å². The molecule has 1 aliphatic rings. The molecule has 0 aromatic rings. The Morgan fingerprint density at radius 3 is 3.00 bits per heavy atom. The zero-order valence-electron chi connectivity index (χ0n) is 6.22. The molecule has 0 amide bonds. The van der Waals surface area contributed by atoms with Gasteiger partial charge in [0.15, 0.2) is 0 Å². The van der Waals surface area contributed by atoms with E-state index in [1.54, 1.807) is 6.08 Å². The molecule has 1 fully saturated rings. The molecule has 56 valence electrons. The Kier molecular flexibility index (Phi) is 1.79. The Bertz CT molecular complexity index is 163. The van der Waals surface area contributed by atoms with Crippen molar-refractivity contribution in [3.05, 3.63) is 12.7 Å². The lowest BCUT2D eigenvalue weighted by Gasteiger charge is -2.14. The molecule has 1 heterocycles. The molecule has 0 aliphatic carbocycles. The second-order valence-electron chi connectivity index (χ2n) is 2.94. The van der Waals surface area contributed by atoms with Gasteiger partial charge in [0.1, 0.15) is 0 Å². The topological polar surface area (TPSA) is 26.3 Å². The fourth-order valence-electron chi connectivity index (χ4n) is 1.15. The van der Waals surface area contributed by atoms with E-state index in [0.717, 1.165) is 12.8 Å². The Labute approximate surface area is 60.9 Å². The third kappa shape index (κ3) is 1.06. The zero-order valence-corrected chi connectivity index (χ0v) is 6.22. The summed E-state index contributed by atoms with van der Waals surface area (Å²) in [4.78, 5) is 11.0. The number of rotatable bonds is 2. The van der Waals surface area contributed by atoms with E-state index in [9.17, 15) is 4.79 Å². The van der Waals surface area contributed by atoms with Gasteiger partial charge >= 0.3 is 5.97 Å². The van der Waals surface area contributed by atoms with Gasteiger partial charge in [-0.1, -0.05) is 6.08 Å². The molecule has 0 saturated carbocycles. The molecule has 2 nitrogen and oxygen atoms in total. The minimum Gasteiger partial charge on any atom is -0.465 e. The van der Waals surface area contributed by atoms with Crippen molar-refractivity contribution in [2.45, 2.75) is 19.8 Å². The first-order valence-corrected chi connectivity index (χ1v) is 3.47. The lowest BCUT2D eigenvalue weighted by molar-refractivity contribution is -0.145. The van der Waals surface area contributed by atoms with Crippen LogP contribution in [0.15, 0.2) is 12.7 Å². The van der Waals surface area contributed by atoms with Crippen molar-refractivity contribution in [2.24, 2.45) is 5.41 Å². The molecular weight excluding hydrogens is 128 g/mol. The van der Waals surface area contributed by atoms with Crippen LogP contribution < -0.4 is 0 Å². The summed E-state index contributed by atoms with van der Waals surface area (Å²) in [5.74, 6) is -0.0765. The summed E-state index contributed by atoms with van der Waals surface area (Å²) in [6.07, 6.45) is 3.33. The van der Waals surface area contributed by atoms with E-state index in [-0.39, 0.29) is 11.4 Å². The highest BCUT2D eigenvalue weighted by Crippen LogP contribution is 2.32. The van der Waals surface area contributed by atoms with Crippen molar-refractivity contribution >= 4 is 5.97 Å². The number of cyclic esters (lactones) is 1. The molecule has 2 heteroatoms. The van der Waals surface area contributed by atoms with Crippen LogP contribution in [0, 0.1) is 5.41 Å². The lowest BCUT2D eigenvalue weighted by Crippen LogP contribution is -2.20. The Morgan fingerprint density at radius 2 is 2.60 bits per heavy atom. The van der Waals surface area contributed by atoms with Gasteiger partial charge in [-0.25, -0.2) is 0 Å². The fraction of sp³-hybridized carbons (Fsp3) is 0.625. The SMILES string of the molecule is C=CC[C@]1(C)CCOC1=O. The van der Waals surface area contributed by atoms with E-state index in [4.69, 9.17) is 4.74 Å². The second-order valence-corrected chi connectivity index (χ2v) is 2.94. The fourth-order valence-corrected chi connectivity index (χ4v) is 1.15. The third-order valence-corrected chi connectivity index (χ3v) is 1.97. The van der Waals surface area contributed by atoms with Crippen LogP contribution in [-0.2, 0) is 9.53 Å². The summed E-state index contributed by atoms with van der Waals surface area (Å²) in [5, 5.41) is 0. The van der Waals surface area contributed by atoms with Crippen molar-refractivity contribution in [3.8, 4) is 0 Å². The molecule has 0 unspecified atom stereocenters. The van der Waals surface area contributed by atoms with Crippen LogP contribution in [0.2, 0.25) is 0 Å². The van der Waals surface area contributed by atoms with Gasteiger partial charge < -0.3 is 4.74 Å². The van der Waals surface area contributed by atoms with E-state index in [1.807, 2.05) is 6.92 Å². The van der Waals surface area contributed by atoms with Gasteiger partial charge in [0, 0.05) is 0 Å². The van der Waals surface area contributed by atoms with Crippen LogP contribution in [0.4, 0.5) is 0 Å². The van der Waals surface area contributed by atoms with Gasteiger partial charge in [0.2, 0.25) is 0 Å². The van der Waals surface area contributed by atoms with Crippen LogP contribution in [0.5, 0.6) is 0 Å². The van der Waals surface area contributed by atoms with E-state index >= 15 is 0 Å². The quantitative estimate of drug-likeness (QED) is 0.429. The minimum atomic E-state index is -0.276. The molecule has 1 aliphatic heterocycles. The summed E-state index contributed by atoms with van der Waals surface area (Å²) in [6, 6.07) is 0. The Balaban J connectivity index is 2.65. The number of carbonyl (C=O) groups is 1. The molecular formula is C8H12O2. The van der Waals surface area contributed by atoms with Crippen molar-refractivity contribution in [2.75, 3.05) is 6.61 Å². The maximum atomic E-state index is 11.0. The van der Waals surface area contributed by atoms with Crippen LogP contribution in [0.3, 0.4) is 0 Å². The number of esters is 1. The predicted molar refractivity (Wildman–Crippen MR) is 38.5 cm³/mol. The van der Waals surface area contributed by atoms with Gasteiger partial charge in [0.05, 0.1) is 12.0 Å². The first kappa shape index (κ1) is 7.32. The predicted octanol–water partition coefficient (Wildman–Crippen LogP) is 1.52. The van der Waals surface area contributed by atoms with Crippen molar-refractivity contribution in [3.63, 3.8) is 0 Å². The summed E-state index contributed by atoms with van der Waals surface area (Å²) in [6.45, 7) is 6.09. The van der Waals surface area contributed by atoms with E-state index < -0.39 is 0 Å². The minimum absolute atomic E-state index is 0.0765. The normalized spacial score (nSPS) is 31.9. The highest BCUT2D eigenvalue weighted by atomic mass is 16.5. The van der Waals surface area contributed by atoms with E-state index in [2.05, 4.69) is 6.58 Å². The van der Waals surface area contributed by atoms with E-state index in [1.165, 1.54) is 0 Å². The van der Waals surface area contributed by atoms with Crippen LogP contribution in [-0.4, -0.2) is 12.6 Å². The van der Waals surface area contributed by atoms with Crippen LogP contribution in [0.25, 0.3) is 0 Å². The maximum absolute atomic E-state index is 11.0. The molecule has 10 heavy (non-hydrogen) atoms. The summed E-state index contributed by atoms with van der Waals surface area (Å²) < 4.78 is 4.83. The molecule has 1 atom stereocenters. The highest BCUT2D eigenvalue weighted by molar-refractivity contribution is 5.78. The number of carbonyl (C=O) groups excluding carboxylic acids is 1. The molecule has 1 rings (SSSR count). The molecule has 0 aromatic carbocycles. The molecule has 0 N–H and O–H groups in total. The van der Waals surface area contributed by atoms with Gasteiger partial charge in [-0.2, -0.15) is 0 Å². The maximum Gasteiger partial charge on any atom is 0.312 e. The third-order valence-electron chi connectivity index (χ3n) is 1.97. The Morgan fingerprint density at radius 1 is 1.90 bits per heavy atom. The molecule has 1 saturated heterocycles. The van der Waals surface area contributed by atoms with Crippen LogP contribution >= 0.6 is 0 Å². The van der Waals surface area contributed by atoms with Gasteiger partial charge in [0.25, 0.3) is 0 Å². The molecule has 0 aromatic heterocycles. The number of allylic oxidation sites excluding steroid dienone is 1. The lowest BCUT2D eigenvalue weighted by atomic mass is 9.86. The summed E-state index contributed by atoms with van der Waals surface area (Å²) >= 11 is 0. The highest BCUT2D eigenvalue weighted by Gasteiger charge is 2.38. The molecule has 0 bridgehead atoms. The van der Waals surface area contributed by atoms with Gasteiger partial charge in [-0.05, 0) is 19.8 Å². The standard InChI is InChI=1S/C8H12O2/c1-3-4-8(2)5-6-10-7(8)9/h3H,1,4-6H2,2H3/t8-/m1/s1. The zero-order chi connectivity index (χ0) is 7.61.